The lowest BCUT2D eigenvalue weighted by molar-refractivity contribution is -0.153. The number of amides is 1. The standard InChI is InChI=1S/C23H19Cl2NO5/c1-15(30-21-12-7-16(24)13-20(21)25)23(28)29-14-22(27)26-17-8-10-19(11-9-17)31-18-5-3-2-4-6-18/h2-13,15H,14H2,1H3,(H,26,27)/t15-/m0/s1. The van der Waals surface area contributed by atoms with Crippen molar-refractivity contribution in [3.63, 3.8) is 0 Å². The third-order valence-electron chi connectivity index (χ3n) is 3.99. The van der Waals surface area contributed by atoms with E-state index in [1.54, 1.807) is 36.4 Å². The van der Waals surface area contributed by atoms with Crippen LogP contribution in [0.25, 0.3) is 0 Å². The Labute approximate surface area is 189 Å². The Bertz CT molecular complexity index is 1040. The number of carbonyl (C=O) groups is 2. The van der Waals surface area contributed by atoms with Gasteiger partial charge in [-0.2, -0.15) is 0 Å². The summed E-state index contributed by atoms with van der Waals surface area (Å²) in [7, 11) is 0. The summed E-state index contributed by atoms with van der Waals surface area (Å²) >= 11 is 11.8. The maximum absolute atomic E-state index is 12.1. The summed E-state index contributed by atoms with van der Waals surface area (Å²) in [6.07, 6.45) is -0.958. The molecule has 0 aliphatic rings. The van der Waals surface area contributed by atoms with Gasteiger partial charge in [0.2, 0.25) is 0 Å². The number of carbonyl (C=O) groups excluding carboxylic acids is 2. The third-order valence-corrected chi connectivity index (χ3v) is 4.52. The Hall–Kier alpha value is -3.22. The van der Waals surface area contributed by atoms with Crippen LogP contribution in [0, 0.1) is 0 Å². The maximum Gasteiger partial charge on any atom is 0.347 e. The number of halogens is 2. The quantitative estimate of drug-likeness (QED) is 0.435. The van der Waals surface area contributed by atoms with Crippen LogP contribution in [0.5, 0.6) is 17.2 Å². The molecule has 0 aromatic heterocycles. The van der Waals surface area contributed by atoms with E-state index in [-0.39, 0.29) is 10.8 Å². The summed E-state index contributed by atoms with van der Waals surface area (Å²) in [4.78, 5) is 24.2. The number of esters is 1. The summed E-state index contributed by atoms with van der Waals surface area (Å²) in [6.45, 7) is 1.04. The van der Waals surface area contributed by atoms with Crippen LogP contribution in [0.1, 0.15) is 6.92 Å². The zero-order chi connectivity index (χ0) is 22.2. The molecule has 31 heavy (non-hydrogen) atoms. The molecular weight excluding hydrogens is 441 g/mol. The second-order valence-electron chi connectivity index (χ2n) is 6.43. The first-order valence-corrected chi connectivity index (χ1v) is 10.1. The van der Waals surface area contributed by atoms with E-state index in [1.165, 1.54) is 13.0 Å². The Balaban J connectivity index is 1.45. The van der Waals surface area contributed by atoms with Crippen LogP contribution in [0.15, 0.2) is 72.8 Å². The highest BCUT2D eigenvalue weighted by Gasteiger charge is 2.19. The minimum absolute atomic E-state index is 0.268. The minimum Gasteiger partial charge on any atom is -0.477 e. The molecule has 0 heterocycles. The molecule has 1 N–H and O–H groups in total. The maximum atomic E-state index is 12.1. The number of nitrogens with one attached hydrogen (secondary N) is 1. The van der Waals surface area contributed by atoms with E-state index in [0.29, 0.717) is 22.2 Å². The van der Waals surface area contributed by atoms with Crippen molar-refractivity contribution in [2.45, 2.75) is 13.0 Å². The van der Waals surface area contributed by atoms with Gasteiger partial charge in [-0.05, 0) is 61.5 Å². The highest BCUT2D eigenvalue weighted by atomic mass is 35.5. The molecule has 0 aliphatic carbocycles. The van der Waals surface area contributed by atoms with Gasteiger partial charge < -0.3 is 19.5 Å². The summed E-state index contributed by atoms with van der Waals surface area (Å²) in [5.74, 6) is 0.442. The Morgan fingerprint density at radius 1 is 0.935 bits per heavy atom. The van der Waals surface area contributed by atoms with Crippen molar-refractivity contribution in [1.82, 2.24) is 0 Å². The minimum atomic E-state index is -0.958. The molecule has 0 bridgehead atoms. The van der Waals surface area contributed by atoms with Gasteiger partial charge in [-0.1, -0.05) is 41.4 Å². The molecule has 160 valence electrons. The van der Waals surface area contributed by atoms with Crippen molar-refractivity contribution in [3.8, 4) is 17.2 Å². The fourth-order valence-corrected chi connectivity index (χ4v) is 2.94. The fourth-order valence-electron chi connectivity index (χ4n) is 2.49. The average molecular weight is 460 g/mol. The number of ether oxygens (including phenoxy) is 3. The largest absolute Gasteiger partial charge is 0.477 e. The van der Waals surface area contributed by atoms with Gasteiger partial charge in [0.1, 0.15) is 17.2 Å². The number of rotatable bonds is 8. The van der Waals surface area contributed by atoms with Crippen LogP contribution in [0.3, 0.4) is 0 Å². The molecule has 1 amide bonds. The van der Waals surface area contributed by atoms with Crippen LogP contribution in [-0.4, -0.2) is 24.6 Å². The van der Waals surface area contributed by atoms with E-state index >= 15 is 0 Å². The first-order chi connectivity index (χ1) is 14.9. The smallest absolute Gasteiger partial charge is 0.347 e. The number of para-hydroxylation sites is 1. The predicted molar refractivity (Wildman–Crippen MR) is 119 cm³/mol. The zero-order valence-electron chi connectivity index (χ0n) is 16.5. The van der Waals surface area contributed by atoms with Gasteiger partial charge in [-0.25, -0.2) is 4.79 Å². The highest BCUT2D eigenvalue weighted by molar-refractivity contribution is 6.35. The van der Waals surface area contributed by atoms with Crippen LogP contribution in [-0.2, 0) is 14.3 Å². The van der Waals surface area contributed by atoms with Crippen molar-refractivity contribution in [2.24, 2.45) is 0 Å². The third kappa shape index (κ3) is 6.91. The topological polar surface area (TPSA) is 73.9 Å². The first-order valence-electron chi connectivity index (χ1n) is 9.32. The summed E-state index contributed by atoms with van der Waals surface area (Å²) in [5.41, 5.74) is 0.540. The van der Waals surface area contributed by atoms with Gasteiger partial charge in [0.15, 0.2) is 12.7 Å². The van der Waals surface area contributed by atoms with E-state index in [0.717, 1.165) is 0 Å². The van der Waals surface area contributed by atoms with Crippen LogP contribution in [0.2, 0.25) is 10.0 Å². The van der Waals surface area contributed by atoms with Crippen molar-refractivity contribution in [2.75, 3.05) is 11.9 Å². The second-order valence-corrected chi connectivity index (χ2v) is 7.27. The van der Waals surface area contributed by atoms with Crippen molar-refractivity contribution in [3.05, 3.63) is 82.8 Å². The van der Waals surface area contributed by atoms with E-state index in [9.17, 15) is 9.59 Å². The van der Waals surface area contributed by atoms with Crippen LogP contribution in [0.4, 0.5) is 5.69 Å². The van der Waals surface area contributed by atoms with E-state index < -0.39 is 24.6 Å². The summed E-state index contributed by atoms with van der Waals surface area (Å²) in [6, 6.07) is 20.8. The molecule has 3 aromatic carbocycles. The van der Waals surface area contributed by atoms with Crippen molar-refractivity contribution < 1.29 is 23.8 Å². The number of hydrogen-bond donors (Lipinski definition) is 1. The number of hydrogen-bond acceptors (Lipinski definition) is 5. The molecule has 3 aromatic rings. The molecule has 6 nitrogen and oxygen atoms in total. The lowest BCUT2D eigenvalue weighted by atomic mass is 10.3. The molecule has 0 aliphatic heterocycles. The molecule has 3 rings (SSSR count). The van der Waals surface area contributed by atoms with Gasteiger partial charge >= 0.3 is 5.97 Å². The van der Waals surface area contributed by atoms with Crippen molar-refractivity contribution in [1.29, 1.82) is 0 Å². The molecule has 1 atom stereocenters. The average Bonchev–Trinajstić information content (AvgIpc) is 2.76. The lowest BCUT2D eigenvalue weighted by Crippen LogP contribution is -2.29. The van der Waals surface area contributed by atoms with E-state index in [4.69, 9.17) is 37.4 Å². The van der Waals surface area contributed by atoms with Crippen LogP contribution < -0.4 is 14.8 Å². The zero-order valence-corrected chi connectivity index (χ0v) is 18.0. The number of anilines is 1. The normalized spacial score (nSPS) is 11.3. The molecule has 0 unspecified atom stereocenters. The second kappa shape index (κ2) is 10.7. The fraction of sp³-hybridized carbons (Fsp3) is 0.130. The monoisotopic (exact) mass is 459 g/mol. The Kier molecular flexibility index (Phi) is 7.76. The van der Waals surface area contributed by atoms with Gasteiger partial charge in [0, 0.05) is 10.7 Å². The predicted octanol–water partition coefficient (Wildman–Crippen LogP) is 5.73. The van der Waals surface area contributed by atoms with E-state index in [2.05, 4.69) is 5.32 Å². The van der Waals surface area contributed by atoms with Crippen molar-refractivity contribution >= 4 is 40.8 Å². The van der Waals surface area contributed by atoms with Gasteiger partial charge in [-0.3, -0.25) is 4.79 Å². The number of benzene rings is 3. The van der Waals surface area contributed by atoms with Gasteiger partial charge in [-0.15, -0.1) is 0 Å². The van der Waals surface area contributed by atoms with Gasteiger partial charge in [0.05, 0.1) is 5.02 Å². The molecule has 8 heteroatoms. The SMILES string of the molecule is C[C@H](Oc1ccc(Cl)cc1Cl)C(=O)OCC(=O)Nc1ccc(Oc2ccccc2)cc1. The Morgan fingerprint density at radius 3 is 2.29 bits per heavy atom. The lowest BCUT2D eigenvalue weighted by Gasteiger charge is -2.15. The van der Waals surface area contributed by atoms with Crippen LogP contribution >= 0.6 is 23.2 Å². The Morgan fingerprint density at radius 2 is 1.61 bits per heavy atom. The summed E-state index contributed by atoms with van der Waals surface area (Å²) < 4.78 is 16.2. The molecule has 0 saturated carbocycles. The molecule has 0 spiro atoms. The molecule has 0 fully saturated rings. The summed E-state index contributed by atoms with van der Waals surface area (Å²) in [5, 5.41) is 3.36. The molecular formula is C23H19Cl2NO5. The first kappa shape index (κ1) is 22.5. The van der Waals surface area contributed by atoms with Gasteiger partial charge in [0.25, 0.3) is 5.91 Å². The highest BCUT2D eigenvalue weighted by Crippen LogP contribution is 2.28. The molecule has 0 radical (unpaired) electrons. The molecule has 0 saturated heterocycles. The van der Waals surface area contributed by atoms with E-state index in [1.807, 2.05) is 30.3 Å².